The van der Waals surface area contributed by atoms with Gasteiger partial charge in [0.15, 0.2) is 0 Å². The van der Waals surface area contributed by atoms with Gasteiger partial charge in [0.2, 0.25) is 15.9 Å². The van der Waals surface area contributed by atoms with E-state index in [0.717, 1.165) is 11.4 Å². The molecule has 1 saturated heterocycles. The molecule has 2 aromatic rings. The molecule has 1 aromatic heterocycles. The zero-order chi connectivity index (χ0) is 19.4. The van der Waals surface area contributed by atoms with E-state index in [2.05, 4.69) is 21.3 Å². The Morgan fingerprint density at radius 3 is 2.44 bits per heavy atom. The van der Waals surface area contributed by atoms with Crippen LogP contribution in [0.25, 0.3) is 0 Å². The van der Waals surface area contributed by atoms with Crippen LogP contribution in [0.2, 0.25) is 0 Å². The summed E-state index contributed by atoms with van der Waals surface area (Å²) < 4.78 is 26.5. The van der Waals surface area contributed by atoms with Crippen LogP contribution in [0, 0.1) is 13.8 Å². The molecular formula is C19H24N4O3S. The van der Waals surface area contributed by atoms with Crippen LogP contribution >= 0.6 is 0 Å². The number of benzene rings is 1. The Bertz CT molecular complexity index is 922. The van der Waals surface area contributed by atoms with Crippen molar-refractivity contribution in [2.45, 2.75) is 13.8 Å². The number of amides is 1. The molecule has 0 aliphatic carbocycles. The van der Waals surface area contributed by atoms with Gasteiger partial charge in [-0.25, -0.2) is 13.4 Å². The third-order valence-corrected chi connectivity index (χ3v) is 6.25. The summed E-state index contributed by atoms with van der Waals surface area (Å²) >= 11 is 0. The van der Waals surface area contributed by atoms with Crippen LogP contribution in [0.4, 0.5) is 11.5 Å². The highest BCUT2D eigenvalue weighted by Gasteiger charge is 2.29. The first-order valence-electron chi connectivity index (χ1n) is 8.86. The van der Waals surface area contributed by atoms with Crippen molar-refractivity contribution < 1.29 is 13.2 Å². The van der Waals surface area contributed by atoms with Crippen LogP contribution in [0.3, 0.4) is 0 Å². The summed E-state index contributed by atoms with van der Waals surface area (Å²) in [6.07, 6.45) is 0. The summed E-state index contributed by atoms with van der Waals surface area (Å²) in [5.41, 5.74) is 3.02. The van der Waals surface area contributed by atoms with Crippen molar-refractivity contribution >= 4 is 27.4 Å². The zero-order valence-corrected chi connectivity index (χ0v) is 16.4. The number of aryl methyl sites for hydroxylation is 2. The van der Waals surface area contributed by atoms with Crippen LogP contribution in [0.1, 0.15) is 11.3 Å². The third kappa shape index (κ3) is 5.05. The van der Waals surface area contributed by atoms with Crippen molar-refractivity contribution in [3.63, 3.8) is 0 Å². The molecule has 1 fully saturated rings. The van der Waals surface area contributed by atoms with Crippen molar-refractivity contribution in [1.29, 1.82) is 0 Å². The van der Waals surface area contributed by atoms with E-state index in [9.17, 15) is 13.2 Å². The van der Waals surface area contributed by atoms with Crippen molar-refractivity contribution in [2.75, 3.05) is 42.1 Å². The number of piperazine rings is 1. The molecule has 1 aliphatic rings. The molecule has 0 radical (unpaired) electrons. The molecule has 2 heterocycles. The number of rotatable bonds is 5. The van der Waals surface area contributed by atoms with Gasteiger partial charge in [0.1, 0.15) is 11.6 Å². The molecule has 3 rings (SSSR count). The summed E-state index contributed by atoms with van der Waals surface area (Å²) in [5.74, 6) is -0.791. The molecule has 0 unspecified atom stereocenters. The fourth-order valence-corrected chi connectivity index (χ4v) is 4.40. The Labute approximate surface area is 160 Å². The molecule has 7 nitrogen and oxygen atoms in total. The summed E-state index contributed by atoms with van der Waals surface area (Å²) in [5, 5.41) is 2.55. The van der Waals surface area contributed by atoms with Crippen LogP contribution in [0.5, 0.6) is 0 Å². The molecule has 1 N–H and O–H groups in total. The highest BCUT2D eigenvalue weighted by molar-refractivity contribution is 7.89. The number of sulfonamides is 1. The largest absolute Gasteiger partial charge is 0.369 e. The molecular weight excluding hydrogens is 364 g/mol. The van der Waals surface area contributed by atoms with Gasteiger partial charge in [0.05, 0.1) is 0 Å². The SMILES string of the molecule is Cc1cccc(N2CCN(S(=O)(=O)CC(=O)Nc3cccc(C)n3)CC2)c1. The van der Waals surface area contributed by atoms with Gasteiger partial charge < -0.3 is 10.2 Å². The molecule has 144 valence electrons. The van der Waals surface area contributed by atoms with Gasteiger partial charge in [-0.3, -0.25) is 4.79 Å². The Balaban J connectivity index is 1.57. The van der Waals surface area contributed by atoms with E-state index < -0.39 is 21.7 Å². The van der Waals surface area contributed by atoms with E-state index in [0.29, 0.717) is 32.0 Å². The highest BCUT2D eigenvalue weighted by atomic mass is 32.2. The van der Waals surface area contributed by atoms with Crippen molar-refractivity contribution in [1.82, 2.24) is 9.29 Å². The normalized spacial score (nSPS) is 15.6. The van der Waals surface area contributed by atoms with Crippen molar-refractivity contribution in [2.24, 2.45) is 0 Å². The first-order valence-corrected chi connectivity index (χ1v) is 10.5. The second kappa shape index (κ2) is 8.06. The van der Waals surface area contributed by atoms with Crippen molar-refractivity contribution in [3.8, 4) is 0 Å². The molecule has 1 amide bonds. The lowest BCUT2D eigenvalue weighted by molar-refractivity contribution is -0.114. The summed E-state index contributed by atoms with van der Waals surface area (Å²) in [4.78, 5) is 18.5. The maximum absolute atomic E-state index is 12.6. The number of carbonyl (C=O) groups excluding carboxylic acids is 1. The number of carbonyl (C=O) groups is 1. The van der Waals surface area contributed by atoms with Crippen molar-refractivity contribution in [3.05, 3.63) is 53.7 Å². The molecule has 27 heavy (non-hydrogen) atoms. The lowest BCUT2D eigenvalue weighted by Crippen LogP contribution is -2.50. The minimum Gasteiger partial charge on any atom is -0.369 e. The number of hydrogen-bond donors (Lipinski definition) is 1. The minimum absolute atomic E-state index is 0.361. The van der Waals surface area contributed by atoms with Crippen LogP contribution in [-0.4, -0.2) is 55.5 Å². The molecule has 1 aromatic carbocycles. The van der Waals surface area contributed by atoms with Gasteiger partial charge in [-0.15, -0.1) is 0 Å². The zero-order valence-electron chi connectivity index (χ0n) is 15.6. The quantitative estimate of drug-likeness (QED) is 0.844. The number of nitrogens with zero attached hydrogens (tertiary/aromatic N) is 3. The van der Waals surface area contributed by atoms with Gasteiger partial charge in [-0.2, -0.15) is 4.31 Å². The van der Waals surface area contributed by atoms with Crippen LogP contribution in [0.15, 0.2) is 42.5 Å². The lowest BCUT2D eigenvalue weighted by Gasteiger charge is -2.35. The average Bonchev–Trinajstić information content (AvgIpc) is 2.61. The number of anilines is 2. The van der Waals surface area contributed by atoms with E-state index in [1.165, 1.54) is 9.87 Å². The van der Waals surface area contributed by atoms with E-state index >= 15 is 0 Å². The van der Waals surface area contributed by atoms with Gasteiger partial charge in [-0.05, 0) is 43.7 Å². The van der Waals surface area contributed by atoms with Gasteiger partial charge >= 0.3 is 0 Å². The number of hydrogen-bond acceptors (Lipinski definition) is 5. The van der Waals surface area contributed by atoms with Crippen LogP contribution in [-0.2, 0) is 14.8 Å². The topological polar surface area (TPSA) is 82.6 Å². The molecule has 1 aliphatic heterocycles. The van der Waals surface area contributed by atoms with Gasteiger partial charge in [0, 0.05) is 37.6 Å². The number of aromatic nitrogens is 1. The minimum atomic E-state index is -3.66. The second-order valence-corrected chi connectivity index (χ2v) is 8.66. The molecule has 0 spiro atoms. The lowest BCUT2D eigenvalue weighted by atomic mass is 10.2. The first kappa shape index (κ1) is 19.3. The van der Waals surface area contributed by atoms with E-state index in [1.807, 2.05) is 25.1 Å². The smallest absolute Gasteiger partial charge is 0.242 e. The molecule has 0 saturated carbocycles. The predicted molar refractivity (Wildman–Crippen MR) is 106 cm³/mol. The number of pyridine rings is 1. The molecule has 0 atom stereocenters. The van der Waals surface area contributed by atoms with E-state index in [-0.39, 0.29) is 0 Å². The van der Waals surface area contributed by atoms with Gasteiger partial charge in [0.25, 0.3) is 0 Å². The Hall–Kier alpha value is -2.45. The fourth-order valence-electron chi connectivity index (χ4n) is 3.10. The Morgan fingerprint density at radius 1 is 1.07 bits per heavy atom. The standard InChI is InChI=1S/C19H24N4O3S/c1-15-5-3-7-17(13-15)22-9-11-23(12-10-22)27(25,26)14-19(24)21-18-8-4-6-16(2)20-18/h3-8,13H,9-12,14H2,1-2H3,(H,20,21,24). The average molecular weight is 388 g/mol. The fraction of sp³-hybridized carbons (Fsp3) is 0.368. The predicted octanol–water partition coefficient (Wildman–Crippen LogP) is 1.79. The Kier molecular flexibility index (Phi) is 5.76. The van der Waals surface area contributed by atoms with Gasteiger partial charge in [-0.1, -0.05) is 18.2 Å². The highest BCUT2D eigenvalue weighted by Crippen LogP contribution is 2.19. The first-order chi connectivity index (χ1) is 12.8. The number of nitrogens with one attached hydrogen (secondary N) is 1. The van der Waals surface area contributed by atoms with E-state index in [4.69, 9.17) is 0 Å². The maximum Gasteiger partial charge on any atom is 0.242 e. The molecule has 8 heteroatoms. The Morgan fingerprint density at radius 2 is 1.78 bits per heavy atom. The summed E-state index contributed by atoms with van der Waals surface area (Å²) in [6, 6.07) is 13.4. The summed E-state index contributed by atoms with van der Waals surface area (Å²) in [7, 11) is -3.66. The second-order valence-electron chi connectivity index (χ2n) is 6.69. The van der Waals surface area contributed by atoms with Crippen LogP contribution < -0.4 is 10.2 Å². The monoisotopic (exact) mass is 388 g/mol. The molecule has 0 bridgehead atoms. The third-order valence-electron chi connectivity index (χ3n) is 4.47. The maximum atomic E-state index is 12.6. The summed E-state index contributed by atoms with van der Waals surface area (Å²) in [6.45, 7) is 5.78. The van der Waals surface area contributed by atoms with E-state index in [1.54, 1.807) is 25.1 Å².